The van der Waals surface area contributed by atoms with E-state index in [1.165, 1.54) is 0 Å². The van der Waals surface area contributed by atoms with Gasteiger partial charge in [0.1, 0.15) is 6.61 Å². The molecule has 10 heteroatoms. The van der Waals surface area contributed by atoms with Gasteiger partial charge in [-0.15, -0.1) is 0 Å². The molecule has 5 rings (SSSR count). The summed E-state index contributed by atoms with van der Waals surface area (Å²) in [7, 11) is 0. The molecule has 1 aromatic heterocycles. The van der Waals surface area contributed by atoms with Gasteiger partial charge >= 0.3 is 18.0 Å². The molecule has 0 aliphatic carbocycles. The van der Waals surface area contributed by atoms with Crippen LogP contribution in [0.25, 0.3) is 0 Å². The van der Waals surface area contributed by atoms with E-state index in [0.29, 0.717) is 45.0 Å². The van der Waals surface area contributed by atoms with E-state index in [2.05, 4.69) is 15.6 Å². The zero-order valence-corrected chi connectivity index (χ0v) is 22.2. The number of nitrogens with one attached hydrogen (secondary N) is 2. The highest BCUT2D eigenvalue weighted by Gasteiger charge is 2.32. The van der Waals surface area contributed by atoms with E-state index >= 15 is 0 Å². The van der Waals surface area contributed by atoms with Gasteiger partial charge in [-0.05, 0) is 42.0 Å². The van der Waals surface area contributed by atoms with Gasteiger partial charge in [0.15, 0.2) is 0 Å². The summed E-state index contributed by atoms with van der Waals surface area (Å²) in [6.07, 6.45) is 3.17. The van der Waals surface area contributed by atoms with Gasteiger partial charge in [-0.2, -0.15) is 0 Å². The zero-order valence-electron chi connectivity index (χ0n) is 22.2. The number of amides is 4. The number of rotatable bonds is 9. The average molecular weight is 544 g/mol. The number of urea groups is 2. The van der Waals surface area contributed by atoms with Crippen LogP contribution in [-0.2, 0) is 24.4 Å². The van der Waals surface area contributed by atoms with Gasteiger partial charge in [-0.3, -0.25) is 4.79 Å². The van der Waals surface area contributed by atoms with Crippen LogP contribution >= 0.6 is 0 Å². The maximum Gasteiger partial charge on any atom is 0.322 e. The number of likely N-dealkylation sites (tertiary alicyclic amines) is 1. The van der Waals surface area contributed by atoms with Crippen LogP contribution in [0.5, 0.6) is 5.88 Å². The van der Waals surface area contributed by atoms with Gasteiger partial charge in [-0.1, -0.05) is 54.6 Å². The lowest BCUT2D eigenvalue weighted by Crippen LogP contribution is -2.53. The molecule has 10 nitrogen and oxygen atoms in total. The summed E-state index contributed by atoms with van der Waals surface area (Å²) in [5.74, 6) is -1.32. The third kappa shape index (κ3) is 6.69. The highest BCUT2D eigenvalue weighted by atomic mass is 16.5. The Balaban J connectivity index is 1.07. The number of carboxylic acid groups (broad SMARTS) is 1. The summed E-state index contributed by atoms with van der Waals surface area (Å²) in [6.45, 7) is 1.94. The summed E-state index contributed by atoms with van der Waals surface area (Å²) in [5, 5.41) is 15.5. The first-order chi connectivity index (χ1) is 19.5. The standard InChI is InChI=1S/C30H33N5O5/c36-28(37)24(16-22-10-11-27(31-17-22)40-20-21-6-2-1-3-7-21)18-32-29(38)34-14-12-25(13-15-34)35-19-23-8-4-5-9-26(23)33-30(35)39/h1-11,17,24-25H,12-16,18-20H2,(H,32,38)(H,33,39)(H,36,37). The minimum atomic E-state index is -0.986. The molecule has 1 unspecified atom stereocenters. The Kier molecular flexibility index (Phi) is 8.44. The van der Waals surface area contributed by atoms with E-state index in [-0.39, 0.29) is 31.1 Å². The molecule has 4 amide bonds. The van der Waals surface area contributed by atoms with Crippen molar-refractivity contribution in [1.29, 1.82) is 0 Å². The molecule has 1 saturated heterocycles. The predicted molar refractivity (Wildman–Crippen MR) is 149 cm³/mol. The Bertz CT molecular complexity index is 1330. The number of carbonyl (C=O) groups is 3. The second-order valence-corrected chi connectivity index (χ2v) is 10.1. The van der Waals surface area contributed by atoms with Crippen LogP contribution in [0.4, 0.5) is 15.3 Å². The lowest BCUT2D eigenvalue weighted by atomic mass is 10.0. The number of carboxylic acids is 1. The maximum atomic E-state index is 12.8. The van der Waals surface area contributed by atoms with Gasteiger partial charge < -0.3 is 30.3 Å². The Morgan fingerprint density at radius 2 is 1.77 bits per heavy atom. The topological polar surface area (TPSA) is 124 Å². The summed E-state index contributed by atoms with van der Waals surface area (Å²) >= 11 is 0. The van der Waals surface area contributed by atoms with Crippen molar-refractivity contribution in [2.75, 3.05) is 25.0 Å². The summed E-state index contributed by atoms with van der Waals surface area (Å²) in [4.78, 5) is 45.2. The molecule has 2 aliphatic heterocycles. The second kappa shape index (κ2) is 12.5. The van der Waals surface area contributed by atoms with Gasteiger partial charge in [0.05, 0.1) is 5.92 Å². The lowest BCUT2D eigenvalue weighted by molar-refractivity contribution is -0.141. The summed E-state index contributed by atoms with van der Waals surface area (Å²) < 4.78 is 5.70. The molecule has 0 bridgehead atoms. The quantitative estimate of drug-likeness (QED) is 0.373. The molecule has 3 aromatic rings. The first-order valence-electron chi connectivity index (χ1n) is 13.5. The molecule has 0 saturated carbocycles. The van der Waals surface area contributed by atoms with Crippen LogP contribution in [0, 0.1) is 5.92 Å². The Labute approximate surface area is 233 Å². The maximum absolute atomic E-state index is 12.8. The van der Waals surface area contributed by atoms with Crippen LogP contribution in [0.1, 0.15) is 29.5 Å². The third-order valence-electron chi connectivity index (χ3n) is 7.41. The van der Waals surface area contributed by atoms with E-state index in [9.17, 15) is 19.5 Å². The molecular formula is C30H33N5O5. The smallest absolute Gasteiger partial charge is 0.322 e. The van der Waals surface area contributed by atoms with Crippen molar-refractivity contribution in [2.45, 2.75) is 38.5 Å². The van der Waals surface area contributed by atoms with Crippen molar-refractivity contribution in [3.05, 3.63) is 89.6 Å². The molecule has 1 fully saturated rings. The number of hydrogen-bond donors (Lipinski definition) is 3. The zero-order chi connectivity index (χ0) is 27.9. The first-order valence-corrected chi connectivity index (χ1v) is 13.5. The lowest BCUT2D eigenvalue weighted by Gasteiger charge is -2.40. The van der Waals surface area contributed by atoms with Crippen LogP contribution in [0.3, 0.4) is 0 Å². The number of hydrogen-bond acceptors (Lipinski definition) is 5. The van der Waals surface area contributed by atoms with Crippen molar-refractivity contribution in [1.82, 2.24) is 20.1 Å². The normalized spacial score (nSPS) is 16.1. The number of nitrogens with zero attached hydrogens (tertiary/aromatic N) is 3. The number of aliphatic carboxylic acids is 1. The average Bonchev–Trinajstić information content (AvgIpc) is 2.99. The molecule has 3 N–H and O–H groups in total. The fraction of sp³-hybridized carbons (Fsp3) is 0.333. The monoisotopic (exact) mass is 543 g/mol. The van der Waals surface area contributed by atoms with Crippen molar-refractivity contribution in [2.24, 2.45) is 5.92 Å². The minimum Gasteiger partial charge on any atom is -0.481 e. The van der Waals surface area contributed by atoms with E-state index in [1.54, 1.807) is 23.2 Å². The van der Waals surface area contributed by atoms with Gasteiger partial charge in [-0.25, -0.2) is 14.6 Å². The van der Waals surface area contributed by atoms with Crippen molar-refractivity contribution in [3.8, 4) is 5.88 Å². The van der Waals surface area contributed by atoms with E-state index in [1.807, 2.05) is 59.5 Å². The van der Waals surface area contributed by atoms with Gasteiger partial charge in [0.2, 0.25) is 5.88 Å². The molecule has 2 aromatic carbocycles. The third-order valence-corrected chi connectivity index (χ3v) is 7.41. The van der Waals surface area contributed by atoms with Crippen LogP contribution in [0.2, 0.25) is 0 Å². The largest absolute Gasteiger partial charge is 0.481 e. The minimum absolute atomic E-state index is 0.00562. The molecule has 0 spiro atoms. The predicted octanol–water partition coefficient (Wildman–Crippen LogP) is 4.13. The molecule has 3 heterocycles. The van der Waals surface area contributed by atoms with Gasteiger partial charge in [0, 0.05) is 50.2 Å². The van der Waals surface area contributed by atoms with Crippen molar-refractivity contribution in [3.63, 3.8) is 0 Å². The van der Waals surface area contributed by atoms with E-state index in [4.69, 9.17) is 4.74 Å². The number of piperidine rings is 1. The molecule has 40 heavy (non-hydrogen) atoms. The SMILES string of the molecule is O=C(O)C(CNC(=O)N1CCC(N2Cc3ccccc3NC2=O)CC1)Cc1ccc(OCc2ccccc2)nc1. The highest BCUT2D eigenvalue weighted by molar-refractivity contribution is 5.92. The fourth-order valence-corrected chi connectivity index (χ4v) is 5.10. The van der Waals surface area contributed by atoms with Crippen LogP contribution < -0.4 is 15.4 Å². The molecule has 208 valence electrons. The number of benzene rings is 2. The second-order valence-electron chi connectivity index (χ2n) is 10.1. The number of ether oxygens (including phenoxy) is 1. The molecule has 1 atom stereocenters. The van der Waals surface area contributed by atoms with Crippen molar-refractivity contribution >= 4 is 23.7 Å². The Morgan fingerprint density at radius 3 is 2.50 bits per heavy atom. The number of anilines is 1. The summed E-state index contributed by atoms with van der Waals surface area (Å²) in [6, 6.07) is 20.7. The van der Waals surface area contributed by atoms with Gasteiger partial charge in [0.25, 0.3) is 0 Å². The van der Waals surface area contributed by atoms with Crippen molar-refractivity contribution < 1.29 is 24.2 Å². The van der Waals surface area contributed by atoms with Crippen LogP contribution in [-0.4, -0.2) is 63.6 Å². The first kappa shape index (κ1) is 27.0. The molecule has 2 aliphatic rings. The Hall–Kier alpha value is -4.60. The number of para-hydroxylation sites is 1. The van der Waals surface area contributed by atoms with Crippen LogP contribution in [0.15, 0.2) is 72.9 Å². The summed E-state index contributed by atoms with van der Waals surface area (Å²) in [5.41, 5.74) is 3.70. The highest BCUT2D eigenvalue weighted by Crippen LogP contribution is 2.27. The molecular weight excluding hydrogens is 510 g/mol. The fourth-order valence-electron chi connectivity index (χ4n) is 5.10. The van der Waals surface area contributed by atoms with E-state index < -0.39 is 11.9 Å². The number of aromatic nitrogens is 1. The number of carbonyl (C=O) groups excluding carboxylic acids is 2. The number of fused-ring (bicyclic) bond motifs is 1. The number of pyridine rings is 1. The van der Waals surface area contributed by atoms with E-state index in [0.717, 1.165) is 22.4 Å². The molecule has 0 radical (unpaired) electrons. The Morgan fingerprint density at radius 1 is 1.02 bits per heavy atom.